The number of rotatable bonds is 4. The van der Waals surface area contributed by atoms with Gasteiger partial charge in [0.05, 0.1) is 7.11 Å². The molecule has 20 heavy (non-hydrogen) atoms. The molecule has 4 nitrogen and oxygen atoms in total. The fraction of sp³-hybridized carbons (Fsp3) is 0.400. The number of hydrogen-bond donors (Lipinski definition) is 1. The summed E-state index contributed by atoms with van der Waals surface area (Å²) in [6, 6.07) is 0. The molecule has 1 aliphatic rings. The van der Waals surface area contributed by atoms with Gasteiger partial charge in [-0.3, -0.25) is 0 Å². The van der Waals surface area contributed by atoms with E-state index in [1.165, 1.54) is 5.57 Å². The molecule has 0 aliphatic carbocycles. The fourth-order valence-corrected chi connectivity index (χ4v) is 2.67. The van der Waals surface area contributed by atoms with Crippen molar-refractivity contribution in [2.75, 3.05) is 11.5 Å². The van der Waals surface area contributed by atoms with Gasteiger partial charge in [-0.05, 0) is 25.8 Å². The van der Waals surface area contributed by atoms with E-state index in [9.17, 15) is 9.90 Å². The number of alkyl halides is 1. The molecule has 0 fully saturated rings. The molecule has 1 aromatic rings. The van der Waals surface area contributed by atoms with Crippen LogP contribution in [0.3, 0.4) is 0 Å². The molecule has 1 N–H and O–H groups in total. The second kappa shape index (κ2) is 6.03. The second-order valence-corrected chi connectivity index (χ2v) is 5.57. The monoisotopic (exact) mass is 388 g/mol. The van der Waals surface area contributed by atoms with Gasteiger partial charge in [-0.25, -0.2) is 4.79 Å². The van der Waals surface area contributed by atoms with Gasteiger partial charge >= 0.3 is 5.97 Å². The van der Waals surface area contributed by atoms with E-state index in [0.717, 1.165) is 15.6 Å². The highest BCUT2D eigenvalue weighted by atomic mass is 127. The molecule has 0 radical (unpaired) electrons. The summed E-state index contributed by atoms with van der Waals surface area (Å²) in [5.41, 5.74) is 3.74. The maximum absolute atomic E-state index is 11.7. The maximum atomic E-state index is 11.7. The normalized spacial score (nSPS) is 14.2. The van der Waals surface area contributed by atoms with Crippen molar-refractivity contribution in [1.29, 1.82) is 0 Å². The van der Waals surface area contributed by atoms with Crippen molar-refractivity contribution in [3.05, 3.63) is 33.9 Å². The average Bonchev–Trinajstić information content (AvgIpc) is 2.83. The van der Waals surface area contributed by atoms with Crippen LogP contribution in [0.25, 0.3) is 0 Å². The third kappa shape index (κ3) is 2.51. The average molecular weight is 388 g/mol. The van der Waals surface area contributed by atoms with Crippen LogP contribution in [-0.4, -0.2) is 22.6 Å². The summed E-state index contributed by atoms with van der Waals surface area (Å²) in [5, 5.41) is 10.4. The number of ether oxygens (including phenoxy) is 2. The molecule has 0 bridgehead atoms. The van der Waals surface area contributed by atoms with Crippen LogP contribution in [0.5, 0.6) is 11.5 Å². The van der Waals surface area contributed by atoms with Crippen LogP contribution in [0.1, 0.15) is 34.0 Å². The molecular formula is C15H17IO4. The quantitative estimate of drug-likeness (QED) is 0.372. The lowest BCUT2D eigenvalue weighted by molar-refractivity contribution is 0.0533. The smallest absolute Gasteiger partial charge is 0.342 e. The van der Waals surface area contributed by atoms with Crippen molar-refractivity contribution in [2.24, 2.45) is 0 Å². The van der Waals surface area contributed by atoms with Crippen molar-refractivity contribution >= 4 is 28.6 Å². The van der Waals surface area contributed by atoms with Gasteiger partial charge in [0.1, 0.15) is 23.7 Å². The number of halogens is 1. The van der Waals surface area contributed by atoms with Crippen molar-refractivity contribution in [3.8, 4) is 11.5 Å². The minimum Gasteiger partial charge on any atom is -0.507 e. The zero-order valence-electron chi connectivity index (χ0n) is 11.7. The summed E-state index contributed by atoms with van der Waals surface area (Å²) in [6.45, 7) is 4.12. The first-order valence-corrected chi connectivity index (χ1v) is 7.83. The number of hydrogen-bond acceptors (Lipinski definition) is 4. The van der Waals surface area contributed by atoms with Crippen LogP contribution in [0.15, 0.2) is 11.6 Å². The summed E-state index contributed by atoms with van der Waals surface area (Å²) >= 11 is 2.29. The topological polar surface area (TPSA) is 55.8 Å². The van der Waals surface area contributed by atoms with Crippen LogP contribution in [0.4, 0.5) is 0 Å². The predicted molar refractivity (Wildman–Crippen MR) is 84.9 cm³/mol. The highest BCUT2D eigenvalue weighted by Crippen LogP contribution is 2.41. The Morgan fingerprint density at radius 2 is 2.25 bits per heavy atom. The molecule has 0 amide bonds. The number of esters is 1. The molecule has 1 aliphatic heterocycles. The van der Waals surface area contributed by atoms with Crippen molar-refractivity contribution in [2.45, 2.75) is 26.9 Å². The number of methoxy groups -OCH3 is 1. The second-order valence-electron chi connectivity index (χ2n) is 4.80. The lowest BCUT2D eigenvalue weighted by Gasteiger charge is -2.15. The van der Waals surface area contributed by atoms with Crippen LogP contribution < -0.4 is 4.74 Å². The van der Waals surface area contributed by atoms with E-state index in [2.05, 4.69) is 22.6 Å². The van der Waals surface area contributed by atoms with Gasteiger partial charge in [-0.2, -0.15) is 0 Å². The summed E-state index contributed by atoms with van der Waals surface area (Å²) in [7, 11) is 1.57. The van der Waals surface area contributed by atoms with E-state index >= 15 is 0 Å². The largest absolute Gasteiger partial charge is 0.507 e. The summed E-state index contributed by atoms with van der Waals surface area (Å²) in [5.74, 6) is 0.165. The van der Waals surface area contributed by atoms with Gasteiger partial charge < -0.3 is 14.6 Å². The van der Waals surface area contributed by atoms with Gasteiger partial charge in [0.2, 0.25) is 0 Å². The standard InChI is InChI=1S/C15H17IO4/c1-8(6-16)4-5-10-13(17)12-11(7-20-15(12)18)9(2)14(10)19-3/h4,17H,5-7H2,1-3H3/b8-4+. The molecule has 2 rings (SSSR count). The first-order chi connectivity index (χ1) is 9.51. The lowest BCUT2D eigenvalue weighted by Crippen LogP contribution is -2.03. The lowest BCUT2D eigenvalue weighted by atomic mass is 9.95. The molecule has 108 valence electrons. The molecule has 0 atom stereocenters. The van der Waals surface area contributed by atoms with Crippen molar-refractivity contribution < 1.29 is 19.4 Å². The fourth-order valence-electron chi connectivity index (χ4n) is 2.36. The van der Waals surface area contributed by atoms with Crippen LogP contribution in [-0.2, 0) is 17.8 Å². The summed E-state index contributed by atoms with van der Waals surface area (Å²) in [4.78, 5) is 11.7. The Bertz CT molecular complexity index is 590. The number of phenols is 1. The van der Waals surface area contributed by atoms with E-state index in [1.807, 2.05) is 19.9 Å². The SMILES string of the molecule is COc1c(C)c2c(c(O)c1C/C=C(\C)CI)C(=O)OC2. The maximum Gasteiger partial charge on any atom is 0.342 e. The third-order valence-corrected chi connectivity index (χ3v) is 4.72. The number of cyclic esters (lactones) is 1. The molecule has 1 heterocycles. The van der Waals surface area contributed by atoms with Crippen LogP contribution in [0, 0.1) is 6.92 Å². The Labute approximate surface area is 131 Å². The Morgan fingerprint density at radius 1 is 1.55 bits per heavy atom. The van der Waals surface area contributed by atoms with Crippen LogP contribution >= 0.6 is 22.6 Å². The molecule has 5 heteroatoms. The predicted octanol–water partition coefficient (Wildman–Crippen LogP) is 3.30. The Hall–Kier alpha value is -1.24. The molecule has 0 unspecified atom stereocenters. The van der Waals surface area contributed by atoms with Crippen molar-refractivity contribution in [1.82, 2.24) is 0 Å². The minimum atomic E-state index is -0.459. The number of allylic oxidation sites excluding steroid dienone is 2. The number of aromatic hydroxyl groups is 1. The van der Waals surface area contributed by atoms with Gasteiger partial charge in [0.25, 0.3) is 0 Å². The van der Waals surface area contributed by atoms with E-state index in [4.69, 9.17) is 9.47 Å². The van der Waals surface area contributed by atoms with Gasteiger partial charge in [0, 0.05) is 15.6 Å². The molecule has 0 saturated heterocycles. The summed E-state index contributed by atoms with van der Waals surface area (Å²) < 4.78 is 11.4. The van der Waals surface area contributed by atoms with Gasteiger partial charge in [0.15, 0.2) is 0 Å². The zero-order valence-corrected chi connectivity index (χ0v) is 13.9. The Balaban J connectivity index is 2.58. The molecule has 1 aromatic carbocycles. The van der Waals surface area contributed by atoms with E-state index in [-0.39, 0.29) is 12.4 Å². The van der Waals surface area contributed by atoms with E-state index in [0.29, 0.717) is 23.3 Å². The van der Waals surface area contributed by atoms with E-state index in [1.54, 1.807) is 7.11 Å². The van der Waals surface area contributed by atoms with Gasteiger partial charge in [-0.1, -0.05) is 34.2 Å². The third-order valence-electron chi connectivity index (χ3n) is 3.51. The van der Waals surface area contributed by atoms with Crippen molar-refractivity contribution in [3.63, 3.8) is 0 Å². The molecule has 0 spiro atoms. The molecule has 0 saturated carbocycles. The molecular weight excluding hydrogens is 371 g/mol. The number of benzene rings is 1. The zero-order chi connectivity index (χ0) is 14.9. The van der Waals surface area contributed by atoms with Gasteiger partial charge in [-0.15, -0.1) is 0 Å². The highest BCUT2D eigenvalue weighted by Gasteiger charge is 2.31. The van der Waals surface area contributed by atoms with E-state index < -0.39 is 5.97 Å². The highest BCUT2D eigenvalue weighted by molar-refractivity contribution is 14.1. The first kappa shape index (κ1) is 15.2. The minimum absolute atomic E-state index is 0.0116. The number of carbonyl (C=O) groups excluding carboxylic acids is 1. The first-order valence-electron chi connectivity index (χ1n) is 6.31. The number of phenolic OH excluding ortho intramolecular Hbond substituents is 1. The summed E-state index contributed by atoms with van der Waals surface area (Å²) in [6.07, 6.45) is 2.57. The number of fused-ring (bicyclic) bond motifs is 1. The Morgan fingerprint density at radius 3 is 2.85 bits per heavy atom. The van der Waals surface area contributed by atoms with Crippen LogP contribution in [0.2, 0.25) is 0 Å². The Kier molecular flexibility index (Phi) is 4.57. The number of carbonyl (C=O) groups is 1. The molecule has 0 aromatic heterocycles.